The van der Waals surface area contributed by atoms with Crippen molar-refractivity contribution >= 4 is 19.2 Å². The Morgan fingerprint density at radius 3 is 1.26 bits per heavy atom. The Balaban J connectivity index is 0.00000217. The SMILES string of the molecule is Cc1cc(C)cc([SiH](C[c-]2c(C)c(C)c(C)c2-c2cc(Cc3ccccc3)cc(Cc3ccccc3)c2)c2cc(C)cc(C)c2)c1.[Cl-].[Cl-].[Cl-].[Ti+4]. The molecule has 0 aliphatic heterocycles. The van der Waals surface area contributed by atoms with E-state index in [4.69, 9.17) is 0 Å². The van der Waals surface area contributed by atoms with Crippen molar-refractivity contribution in [2.75, 3.05) is 0 Å². The first-order valence-corrected chi connectivity index (χ1v) is 18.7. The molecule has 0 heterocycles. The smallest absolute Gasteiger partial charge is 1.00 e. The van der Waals surface area contributed by atoms with Gasteiger partial charge in [-0.2, -0.15) is 11.1 Å². The molecule has 256 valence electrons. The van der Waals surface area contributed by atoms with Gasteiger partial charge in [-0.05, 0) is 51.7 Å². The van der Waals surface area contributed by atoms with Gasteiger partial charge in [0, 0.05) is 0 Å². The average Bonchev–Trinajstić information content (AvgIpc) is 3.22. The molecule has 0 saturated heterocycles. The summed E-state index contributed by atoms with van der Waals surface area (Å²) in [5, 5.41) is 3.10. The average molecular weight is 770 g/mol. The summed E-state index contributed by atoms with van der Waals surface area (Å²) in [7, 11) is -1.61. The molecule has 0 aromatic heterocycles. The van der Waals surface area contributed by atoms with Crippen LogP contribution in [0.3, 0.4) is 0 Å². The fourth-order valence-electron chi connectivity index (χ4n) is 7.58. The van der Waals surface area contributed by atoms with Gasteiger partial charge in [0.1, 0.15) is 0 Å². The minimum Gasteiger partial charge on any atom is -1.00 e. The Kier molecular flexibility index (Phi) is 16.7. The fourth-order valence-corrected chi connectivity index (χ4v) is 11.2. The second-order valence-corrected chi connectivity index (χ2v) is 16.5. The summed E-state index contributed by atoms with van der Waals surface area (Å²) >= 11 is 0. The molecule has 6 aromatic carbocycles. The zero-order valence-corrected chi connectivity index (χ0v) is 35.3. The van der Waals surface area contributed by atoms with Crippen molar-refractivity contribution < 1.29 is 58.9 Å². The van der Waals surface area contributed by atoms with Crippen LogP contribution in [-0.4, -0.2) is 8.80 Å². The van der Waals surface area contributed by atoms with Crippen LogP contribution in [0.25, 0.3) is 11.1 Å². The molecule has 5 heteroatoms. The number of rotatable bonds is 9. The van der Waals surface area contributed by atoms with Gasteiger partial charge in [-0.3, -0.25) is 0 Å². The molecule has 0 spiro atoms. The van der Waals surface area contributed by atoms with E-state index in [1.165, 1.54) is 72.3 Å². The summed E-state index contributed by atoms with van der Waals surface area (Å²) in [6, 6.07) is 44.9. The Morgan fingerprint density at radius 1 is 0.460 bits per heavy atom. The Hall–Kier alpha value is -2.75. The Morgan fingerprint density at radius 2 is 0.860 bits per heavy atom. The maximum Gasteiger partial charge on any atom is 4.00 e. The van der Waals surface area contributed by atoms with Crippen molar-refractivity contribution in [1.82, 2.24) is 0 Å². The van der Waals surface area contributed by atoms with Crippen LogP contribution in [0, 0.1) is 48.5 Å². The van der Waals surface area contributed by atoms with E-state index in [1.54, 1.807) is 15.9 Å². The normalized spacial score (nSPS) is 10.5. The van der Waals surface area contributed by atoms with Crippen LogP contribution in [0.5, 0.6) is 0 Å². The van der Waals surface area contributed by atoms with Gasteiger partial charge in [0.15, 0.2) is 0 Å². The first-order valence-electron chi connectivity index (χ1n) is 16.8. The summed E-state index contributed by atoms with van der Waals surface area (Å²) in [6.45, 7) is 16.1. The van der Waals surface area contributed by atoms with Crippen LogP contribution >= 0.6 is 0 Å². The monoisotopic (exact) mass is 768 g/mol. The van der Waals surface area contributed by atoms with Gasteiger partial charge in [0.25, 0.3) is 0 Å². The van der Waals surface area contributed by atoms with E-state index < -0.39 is 8.80 Å². The molecule has 0 amide bonds. The van der Waals surface area contributed by atoms with E-state index in [1.807, 2.05) is 0 Å². The van der Waals surface area contributed by atoms with E-state index in [0.29, 0.717) is 0 Å². The molecule has 0 fully saturated rings. The van der Waals surface area contributed by atoms with Crippen molar-refractivity contribution in [3.05, 3.63) is 182 Å². The van der Waals surface area contributed by atoms with Gasteiger partial charge < -0.3 is 37.2 Å². The molecule has 0 radical (unpaired) electrons. The molecule has 6 rings (SSSR count). The van der Waals surface area contributed by atoms with Crippen LogP contribution in [0.2, 0.25) is 0 Å². The second kappa shape index (κ2) is 19.2. The van der Waals surface area contributed by atoms with Gasteiger partial charge in [0.05, 0.1) is 8.80 Å². The molecular formula is C45H47Cl3SiTi. The van der Waals surface area contributed by atoms with Crippen molar-refractivity contribution in [3.8, 4) is 11.1 Å². The quantitative estimate of drug-likeness (QED) is 0.149. The summed E-state index contributed by atoms with van der Waals surface area (Å²) in [4.78, 5) is 0. The minimum absolute atomic E-state index is 0. The van der Waals surface area contributed by atoms with Crippen LogP contribution in [-0.2, 0) is 40.6 Å². The molecule has 50 heavy (non-hydrogen) atoms. The van der Waals surface area contributed by atoms with E-state index in [2.05, 4.69) is 164 Å². The molecule has 0 saturated carbocycles. The van der Waals surface area contributed by atoms with E-state index in [9.17, 15) is 0 Å². The molecule has 0 aliphatic carbocycles. The van der Waals surface area contributed by atoms with Crippen LogP contribution in [0.1, 0.15) is 66.8 Å². The number of aryl methyl sites for hydroxylation is 4. The fraction of sp³-hybridized carbons (Fsp3) is 0.222. The number of benzene rings is 5. The number of halogens is 3. The molecule has 0 aliphatic rings. The van der Waals surface area contributed by atoms with Crippen LogP contribution in [0.15, 0.2) is 115 Å². The van der Waals surface area contributed by atoms with Gasteiger partial charge >= 0.3 is 21.7 Å². The Labute approximate surface area is 336 Å². The topological polar surface area (TPSA) is 0 Å². The van der Waals surface area contributed by atoms with Gasteiger partial charge in [-0.25, -0.2) is 0 Å². The van der Waals surface area contributed by atoms with E-state index in [0.717, 1.165) is 18.9 Å². The predicted octanol–water partition coefficient (Wildman–Crippen LogP) is 0.546. The predicted molar refractivity (Wildman–Crippen MR) is 202 cm³/mol. The van der Waals surface area contributed by atoms with Crippen LogP contribution in [0.4, 0.5) is 0 Å². The number of hydrogen-bond acceptors (Lipinski definition) is 0. The molecule has 0 nitrogen and oxygen atoms in total. The standard InChI is InChI=1S/C45H47Si.3ClH.Ti/c1-30-18-31(2)21-42(20-30)46(43-22-32(3)19-33(4)23-43)29-44-35(6)34(5)36(7)45(44)41-27-39(24-37-14-10-8-11-15-37)26-40(28-41)25-38-16-12-9-13-17-38;;;;/h8-23,26-28,46H,24-25,29H2,1-7H3;3*1H;/q-1;;;;+4/p-3. The van der Waals surface area contributed by atoms with E-state index >= 15 is 0 Å². The largest absolute Gasteiger partial charge is 4.00 e. The van der Waals surface area contributed by atoms with E-state index in [-0.39, 0.29) is 58.9 Å². The van der Waals surface area contributed by atoms with Gasteiger partial charge in [-0.15, -0.1) is 16.7 Å². The van der Waals surface area contributed by atoms with Crippen molar-refractivity contribution in [2.45, 2.75) is 67.4 Å². The maximum absolute atomic E-state index is 2.48. The first-order chi connectivity index (χ1) is 22.1. The molecule has 0 unspecified atom stereocenters. The summed E-state index contributed by atoms with van der Waals surface area (Å²) in [6.07, 6.45) is 1.87. The first kappa shape index (κ1) is 43.4. The molecular weight excluding hydrogens is 723 g/mol. The van der Waals surface area contributed by atoms with Gasteiger partial charge in [0.2, 0.25) is 0 Å². The van der Waals surface area contributed by atoms with Crippen LogP contribution < -0.4 is 47.6 Å². The minimum atomic E-state index is -1.61. The van der Waals surface area contributed by atoms with Crippen molar-refractivity contribution in [2.24, 2.45) is 0 Å². The molecule has 6 aromatic rings. The molecule has 0 atom stereocenters. The third-order valence-corrected chi connectivity index (χ3v) is 12.9. The summed E-state index contributed by atoms with van der Waals surface area (Å²) in [5.41, 5.74) is 19.7. The third kappa shape index (κ3) is 10.2. The zero-order chi connectivity index (χ0) is 32.4. The van der Waals surface area contributed by atoms with Gasteiger partial charge in [-0.1, -0.05) is 191 Å². The zero-order valence-electron chi connectivity index (χ0n) is 30.3. The molecule has 0 bridgehead atoms. The number of hydrogen-bond donors (Lipinski definition) is 0. The molecule has 0 N–H and O–H groups in total. The summed E-state index contributed by atoms with van der Waals surface area (Å²) in [5.74, 6) is 0. The van der Waals surface area contributed by atoms with Crippen molar-refractivity contribution in [3.63, 3.8) is 0 Å². The second-order valence-electron chi connectivity index (χ2n) is 13.7. The summed E-state index contributed by atoms with van der Waals surface area (Å²) < 4.78 is 0. The van der Waals surface area contributed by atoms with Crippen molar-refractivity contribution in [1.29, 1.82) is 0 Å². The Bertz CT molecular complexity index is 1850. The maximum atomic E-state index is 2.48. The third-order valence-electron chi connectivity index (χ3n) is 9.80.